The molecule has 3 rings (SSSR count). The summed E-state index contributed by atoms with van der Waals surface area (Å²) in [7, 11) is 1.94. The molecule has 0 saturated carbocycles. The Morgan fingerprint density at radius 1 is 1.39 bits per heavy atom. The highest BCUT2D eigenvalue weighted by atomic mass is 16.3. The molecule has 0 aliphatic rings. The summed E-state index contributed by atoms with van der Waals surface area (Å²) < 4.78 is 7.91. The molecule has 2 aromatic heterocycles. The van der Waals surface area contributed by atoms with Crippen molar-refractivity contribution in [3.05, 3.63) is 54.8 Å². The Bertz CT molecular complexity index is 594. The van der Waals surface area contributed by atoms with Crippen LogP contribution in [0.25, 0.3) is 11.0 Å². The number of nitrogens with zero attached hydrogens (tertiary/aromatic N) is 2. The fraction of sp³-hybridized carbons (Fsp3) is 0.214. The van der Waals surface area contributed by atoms with Gasteiger partial charge in [-0.2, -0.15) is 0 Å². The molecule has 4 nitrogen and oxygen atoms in total. The van der Waals surface area contributed by atoms with Crippen LogP contribution in [0.2, 0.25) is 0 Å². The van der Waals surface area contributed by atoms with Crippen LogP contribution in [0.3, 0.4) is 0 Å². The predicted molar refractivity (Wildman–Crippen MR) is 70.2 cm³/mol. The van der Waals surface area contributed by atoms with Gasteiger partial charge in [-0.1, -0.05) is 18.2 Å². The molecule has 0 aliphatic carbocycles. The Morgan fingerprint density at radius 2 is 2.28 bits per heavy atom. The first-order chi connectivity index (χ1) is 8.86. The van der Waals surface area contributed by atoms with Gasteiger partial charge in [0.15, 0.2) is 0 Å². The van der Waals surface area contributed by atoms with Crippen molar-refractivity contribution in [1.29, 1.82) is 0 Å². The molecule has 0 fully saturated rings. The molecule has 0 amide bonds. The van der Waals surface area contributed by atoms with Crippen LogP contribution in [0.1, 0.15) is 11.8 Å². The number of hydrogen-bond acceptors (Lipinski definition) is 3. The van der Waals surface area contributed by atoms with E-state index in [1.165, 1.54) is 0 Å². The summed E-state index contributed by atoms with van der Waals surface area (Å²) in [6.07, 6.45) is 5.55. The summed E-state index contributed by atoms with van der Waals surface area (Å²) in [6.45, 7) is 0.802. The van der Waals surface area contributed by atoms with Crippen molar-refractivity contribution in [2.45, 2.75) is 12.6 Å². The zero-order chi connectivity index (χ0) is 12.4. The maximum absolute atomic E-state index is 5.87. The average molecular weight is 241 g/mol. The summed E-state index contributed by atoms with van der Waals surface area (Å²) >= 11 is 0. The SMILES string of the molecule is CNC(Cn1ccnc1)c1cc2ccccc2o1. The summed E-state index contributed by atoms with van der Waals surface area (Å²) in [4.78, 5) is 4.05. The molecule has 0 spiro atoms. The Labute approximate surface area is 105 Å². The first-order valence-corrected chi connectivity index (χ1v) is 5.98. The number of rotatable bonds is 4. The second kappa shape index (κ2) is 4.66. The standard InChI is InChI=1S/C14H15N3O/c1-15-12(9-17-7-6-16-10-17)14-8-11-4-2-3-5-13(11)18-14/h2-8,10,12,15H,9H2,1H3. The van der Waals surface area contributed by atoms with Crippen LogP contribution in [0.4, 0.5) is 0 Å². The summed E-state index contributed by atoms with van der Waals surface area (Å²) in [5, 5.41) is 4.41. The van der Waals surface area contributed by atoms with Crippen molar-refractivity contribution in [1.82, 2.24) is 14.9 Å². The van der Waals surface area contributed by atoms with Crippen LogP contribution in [0.5, 0.6) is 0 Å². The van der Waals surface area contributed by atoms with Crippen LogP contribution in [0, 0.1) is 0 Å². The van der Waals surface area contributed by atoms with E-state index < -0.39 is 0 Å². The Kier molecular flexibility index (Phi) is 2.86. The maximum Gasteiger partial charge on any atom is 0.134 e. The fourth-order valence-corrected chi connectivity index (χ4v) is 2.10. The van der Waals surface area contributed by atoms with Gasteiger partial charge in [0, 0.05) is 24.3 Å². The molecule has 1 unspecified atom stereocenters. The van der Waals surface area contributed by atoms with E-state index in [4.69, 9.17) is 4.42 Å². The average Bonchev–Trinajstić information content (AvgIpc) is 3.04. The third-order valence-electron chi connectivity index (χ3n) is 3.09. The first-order valence-electron chi connectivity index (χ1n) is 5.98. The van der Waals surface area contributed by atoms with E-state index in [1.54, 1.807) is 6.20 Å². The molecular formula is C14H15N3O. The molecule has 92 valence electrons. The highest BCUT2D eigenvalue weighted by Crippen LogP contribution is 2.24. The van der Waals surface area contributed by atoms with Gasteiger partial charge in [0.05, 0.1) is 12.4 Å². The lowest BCUT2D eigenvalue weighted by atomic mass is 10.2. The van der Waals surface area contributed by atoms with E-state index in [0.29, 0.717) is 0 Å². The lowest BCUT2D eigenvalue weighted by Gasteiger charge is -2.13. The van der Waals surface area contributed by atoms with E-state index in [-0.39, 0.29) is 6.04 Å². The maximum atomic E-state index is 5.87. The van der Waals surface area contributed by atoms with Gasteiger partial charge in [0.25, 0.3) is 0 Å². The minimum atomic E-state index is 0.145. The van der Waals surface area contributed by atoms with Crippen LogP contribution in [0.15, 0.2) is 53.5 Å². The lowest BCUT2D eigenvalue weighted by Crippen LogP contribution is -2.20. The van der Waals surface area contributed by atoms with E-state index in [0.717, 1.165) is 23.3 Å². The van der Waals surface area contributed by atoms with Gasteiger partial charge in [-0.25, -0.2) is 4.98 Å². The number of para-hydroxylation sites is 1. The summed E-state index contributed by atoms with van der Waals surface area (Å²) in [5.41, 5.74) is 0.929. The van der Waals surface area contributed by atoms with Crippen molar-refractivity contribution in [3.63, 3.8) is 0 Å². The van der Waals surface area contributed by atoms with E-state index in [2.05, 4.69) is 22.4 Å². The van der Waals surface area contributed by atoms with Gasteiger partial charge < -0.3 is 14.3 Å². The zero-order valence-electron chi connectivity index (χ0n) is 10.2. The van der Waals surface area contributed by atoms with Crippen LogP contribution < -0.4 is 5.32 Å². The molecule has 1 atom stereocenters. The van der Waals surface area contributed by atoms with Gasteiger partial charge in [0.1, 0.15) is 11.3 Å². The molecular weight excluding hydrogens is 226 g/mol. The van der Waals surface area contributed by atoms with E-state index in [9.17, 15) is 0 Å². The van der Waals surface area contributed by atoms with Gasteiger partial charge in [0.2, 0.25) is 0 Å². The van der Waals surface area contributed by atoms with Crippen molar-refractivity contribution in [2.24, 2.45) is 0 Å². The number of furan rings is 1. The molecule has 0 aliphatic heterocycles. The van der Waals surface area contributed by atoms with Crippen LogP contribution in [-0.2, 0) is 6.54 Å². The van der Waals surface area contributed by atoms with Gasteiger partial charge in [-0.3, -0.25) is 0 Å². The Hall–Kier alpha value is -2.07. The minimum Gasteiger partial charge on any atom is -0.459 e. The summed E-state index contributed by atoms with van der Waals surface area (Å²) in [6, 6.07) is 10.3. The van der Waals surface area contributed by atoms with Gasteiger partial charge in [-0.15, -0.1) is 0 Å². The number of likely N-dealkylation sites (N-methyl/N-ethyl adjacent to an activating group) is 1. The molecule has 2 heterocycles. The third-order valence-corrected chi connectivity index (χ3v) is 3.09. The van der Waals surface area contributed by atoms with Gasteiger partial charge in [-0.05, 0) is 19.2 Å². The Morgan fingerprint density at radius 3 is 3.00 bits per heavy atom. The van der Waals surface area contributed by atoms with Crippen molar-refractivity contribution < 1.29 is 4.42 Å². The highest BCUT2D eigenvalue weighted by Gasteiger charge is 2.14. The number of hydrogen-bond donors (Lipinski definition) is 1. The Balaban J connectivity index is 1.90. The van der Waals surface area contributed by atoms with E-state index >= 15 is 0 Å². The number of fused-ring (bicyclic) bond motifs is 1. The largest absolute Gasteiger partial charge is 0.459 e. The molecule has 1 N–H and O–H groups in total. The van der Waals surface area contributed by atoms with Crippen molar-refractivity contribution in [2.75, 3.05) is 7.05 Å². The smallest absolute Gasteiger partial charge is 0.134 e. The molecule has 0 saturated heterocycles. The van der Waals surface area contributed by atoms with Crippen molar-refractivity contribution >= 4 is 11.0 Å². The first kappa shape index (κ1) is 11.0. The number of imidazole rings is 1. The topological polar surface area (TPSA) is 43.0 Å². The molecule has 0 bridgehead atoms. The highest BCUT2D eigenvalue weighted by molar-refractivity contribution is 5.77. The second-order valence-electron chi connectivity index (χ2n) is 4.29. The lowest BCUT2D eigenvalue weighted by molar-refractivity contribution is 0.410. The second-order valence-corrected chi connectivity index (χ2v) is 4.29. The molecule has 1 aromatic carbocycles. The van der Waals surface area contributed by atoms with Crippen LogP contribution in [-0.4, -0.2) is 16.6 Å². The quantitative estimate of drug-likeness (QED) is 0.763. The number of benzene rings is 1. The number of nitrogens with one attached hydrogen (secondary N) is 1. The molecule has 4 heteroatoms. The van der Waals surface area contributed by atoms with Crippen molar-refractivity contribution in [3.8, 4) is 0 Å². The van der Waals surface area contributed by atoms with Crippen LogP contribution >= 0.6 is 0 Å². The molecule has 0 radical (unpaired) electrons. The van der Waals surface area contributed by atoms with E-state index in [1.807, 2.05) is 42.3 Å². The minimum absolute atomic E-state index is 0.145. The third kappa shape index (κ3) is 2.02. The monoisotopic (exact) mass is 241 g/mol. The normalized spacial score (nSPS) is 12.9. The zero-order valence-corrected chi connectivity index (χ0v) is 10.2. The van der Waals surface area contributed by atoms with Gasteiger partial charge >= 0.3 is 0 Å². The fourth-order valence-electron chi connectivity index (χ4n) is 2.10. The molecule has 18 heavy (non-hydrogen) atoms. The summed E-state index contributed by atoms with van der Waals surface area (Å²) in [5.74, 6) is 0.951. The number of aromatic nitrogens is 2. The molecule has 3 aromatic rings. The predicted octanol–water partition coefficient (Wildman–Crippen LogP) is 2.59.